The van der Waals surface area contributed by atoms with Gasteiger partial charge in [0.25, 0.3) is 0 Å². The van der Waals surface area contributed by atoms with E-state index in [9.17, 15) is 5.11 Å². The van der Waals surface area contributed by atoms with Gasteiger partial charge in [-0.2, -0.15) is 0 Å². The largest absolute Gasteiger partial charge is 0.398 e. The molecule has 0 saturated heterocycles. The molecular formula is C13H15N3OS. The molecule has 94 valence electrons. The Bertz CT molecular complexity index is 516. The fourth-order valence-corrected chi connectivity index (χ4v) is 2.25. The number of anilines is 1. The van der Waals surface area contributed by atoms with Crippen LogP contribution in [0, 0.1) is 6.92 Å². The lowest BCUT2D eigenvalue weighted by Gasteiger charge is -2.12. The third-order valence-electron chi connectivity index (χ3n) is 2.48. The molecule has 2 rings (SSSR count). The molecule has 0 amide bonds. The van der Waals surface area contributed by atoms with Gasteiger partial charge in [0.2, 0.25) is 0 Å². The lowest BCUT2D eigenvalue weighted by atomic mass is 10.1. The highest BCUT2D eigenvalue weighted by Gasteiger charge is 2.11. The molecule has 1 atom stereocenters. The number of hydrogen-bond donors (Lipinski definition) is 2. The topological polar surface area (TPSA) is 72.0 Å². The molecule has 1 aromatic heterocycles. The van der Waals surface area contributed by atoms with Crippen LogP contribution in [-0.2, 0) is 0 Å². The molecule has 0 radical (unpaired) electrons. The number of nitrogens with zero attached hydrogens (tertiary/aromatic N) is 2. The summed E-state index contributed by atoms with van der Waals surface area (Å²) in [4.78, 5) is 8.35. The summed E-state index contributed by atoms with van der Waals surface area (Å²) in [7, 11) is 0. The quantitative estimate of drug-likeness (QED) is 0.501. The standard InChI is InChI=1S/C13H15N3OS/c1-9-6-15-13(16-7-9)18-8-12(17)10-4-2-3-5-11(10)14/h2-7,12,17H,8,14H2,1H3. The SMILES string of the molecule is Cc1cnc(SCC(O)c2ccccc2N)nc1. The molecule has 0 aliphatic carbocycles. The minimum absolute atomic E-state index is 0.483. The van der Waals surface area contributed by atoms with Crippen molar-refractivity contribution in [1.29, 1.82) is 0 Å². The van der Waals surface area contributed by atoms with Crippen LogP contribution in [0.2, 0.25) is 0 Å². The average Bonchev–Trinajstić information content (AvgIpc) is 2.38. The number of thioether (sulfide) groups is 1. The molecule has 1 unspecified atom stereocenters. The highest BCUT2D eigenvalue weighted by atomic mass is 32.2. The van der Waals surface area contributed by atoms with Crippen LogP contribution in [0.1, 0.15) is 17.2 Å². The van der Waals surface area contributed by atoms with E-state index in [4.69, 9.17) is 5.73 Å². The highest BCUT2D eigenvalue weighted by Crippen LogP contribution is 2.25. The van der Waals surface area contributed by atoms with Gasteiger partial charge in [-0.05, 0) is 18.6 Å². The number of nitrogens with two attached hydrogens (primary N) is 1. The molecule has 0 fully saturated rings. The molecule has 0 spiro atoms. The number of para-hydroxylation sites is 1. The monoisotopic (exact) mass is 261 g/mol. The van der Waals surface area contributed by atoms with Crippen LogP contribution in [0.3, 0.4) is 0 Å². The maximum atomic E-state index is 10.1. The number of nitrogen functional groups attached to an aromatic ring is 1. The van der Waals surface area contributed by atoms with Crippen molar-refractivity contribution in [2.75, 3.05) is 11.5 Å². The van der Waals surface area contributed by atoms with Crippen molar-refractivity contribution in [3.63, 3.8) is 0 Å². The van der Waals surface area contributed by atoms with E-state index in [2.05, 4.69) is 9.97 Å². The Kier molecular flexibility index (Phi) is 4.17. The predicted molar refractivity (Wildman–Crippen MR) is 73.3 cm³/mol. The molecule has 4 nitrogen and oxygen atoms in total. The summed E-state index contributed by atoms with van der Waals surface area (Å²) in [5.41, 5.74) is 8.18. The Morgan fingerprint density at radius 3 is 2.61 bits per heavy atom. The van der Waals surface area contributed by atoms with Gasteiger partial charge in [-0.1, -0.05) is 30.0 Å². The Morgan fingerprint density at radius 1 is 1.28 bits per heavy atom. The first-order valence-electron chi connectivity index (χ1n) is 5.60. The number of hydrogen-bond acceptors (Lipinski definition) is 5. The van der Waals surface area contributed by atoms with Crippen LogP contribution >= 0.6 is 11.8 Å². The van der Waals surface area contributed by atoms with Crippen molar-refractivity contribution in [3.8, 4) is 0 Å². The van der Waals surface area contributed by atoms with E-state index in [0.29, 0.717) is 16.6 Å². The van der Waals surface area contributed by atoms with Crippen LogP contribution in [-0.4, -0.2) is 20.8 Å². The van der Waals surface area contributed by atoms with E-state index in [1.807, 2.05) is 25.1 Å². The molecule has 3 N–H and O–H groups in total. The Hall–Kier alpha value is -1.59. The van der Waals surface area contributed by atoms with E-state index in [0.717, 1.165) is 11.1 Å². The molecule has 2 aromatic rings. The van der Waals surface area contributed by atoms with Gasteiger partial charge in [-0.15, -0.1) is 0 Å². The summed E-state index contributed by atoms with van der Waals surface area (Å²) in [5, 5.41) is 10.7. The Morgan fingerprint density at radius 2 is 1.94 bits per heavy atom. The first-order valence-corrected chi connectivity index (χ1v) is 6.59. The molecule has 0 saturated carbocycles. The van der Waals surface area contributed by atoms with Crippen molar-refractivity contribution >= 4 is 17.4 Å². The van der Waals surface area contributed by atoms with Gasteiger partial charge >= 0.3 is 0 Å². The maximum absolute atomic E-state index is 10.1. The summed E-state index contributed by atoms with van der Waals surface area (Å²) in [5.74, 6) is 0.483. The van der Waals surface area contributed by atoms with Crippen molar-refractivity contribution in [1.82, 2.24) is 9.97 Å². The summed E-state index contributed by atoms with van der Waals surface area (Å²) in [6, 6.07) is 7.33. The van der Waals surface area contributed by atoms with E-state index in [1.54, 1.807) is 18.5 Å². The van der Waals surface area contributed by atoms with Crippen molar-refractivity contribution in [2.24, 2.45) is 0 Å². The Labute approximate surface area is 110 Å². The van der Waals surface area contributed by atoms with Gasteiger partial charge < -0.3 is 10.8 Å². The molecule has 18 heavy (non-hydrogen) atoms. The highest BCUT2D eigenvalue weighted by molar-refractivity contribution is 7.99. The fraction of sp³-hybridized carbons (Fsp3) is 0.231. The van der Waals surface area contributed by atoms with Crippen LogP contribution < -0.4 is 5.73 Å². The van der Waals surface area contributed by atoms with Gasteiger partial charge in [-0.3, -0.25) is 0 Å². The number of aryl methyl sites for hydroxylation is 1. The summed E-state index contributed by atoms with van der Waals surface area (Å²) >= 11 is 1.41. The normalized spacial score (nSPS) is 12.3. The van der Waals surface area contributed by atoms with Crippen LogP contribution in [0.5, 0.6) is 0 Å². The van der Waals surface area contributed by atoms with Crippen LogP contribution in [0.25, 0.3) is 0 Å². The molecule has 1 heterocycles. The van der Waals surface area contributed by atoms with Gasteiger partial charge in [0.15, 0.2) is 5.16 Å². The van der Waals surface area contributed by atoms with Crippen molar-refractivity contribution in [3.05, 3.63) is 47.8 Å². The van der Waals surface area contributed by atoms with Gasteiger partial charge in [0.05, 0.1) is 6.10 Å². The second-order valence-electron chi connectivity index (χ2n) is 4.00. The van der Waals surface area contributed by atoms with Gasteiger partial charge in [-0.25, -0.2) is 9.97 Å². The third kappa shape index (κ3) is 3.21. The van der Waals surface area contributed by atoms with Crippen molar-refractivity contribution < 1.29 is 5.11 Å². The number of benzene rings is 1. The van der Waals surface area contributed by atoms with Crippen molar-refractivity contribution in [2.45, 2.75) is 18.2 Å². The zero-order chi connectivity index (χ0) is 13.0. The Balaban J connectivity index is 1.98. The first-order chi connectivity index (χ1) is 8.66. The summed E-state index contributed by atoms with van der Waals surface area (Å²) in [6.07, 6.45) is 2.91. The zero-order valence-electron chi connectivity index (χ0n) is 10.1. The van der Waals surface area contributed by atoms with E-state index < -0.39 is 6.10 Å². The molecule has 1 aromatic carbocycles. The molecule has 5 heteroatoms. The fourth-order valence-electron chi connectivity index (χ4n) is 1.51. The summed E-state index contributed by atoms with van der Waals surface area (Å²) < 4.78 is 0. The lowest BCUT2D eigenvalue weighted by molar-refractivity contribution is 0.205. The van der Waals surface area contributed by atoms with E-state index in [1.165, 1.54) is 11.8 Å². The van der Waals surface area contributed by atoms with E-state index in [-0.39, 0.29) is 0 Å². The molecule has 0 bridgehead atoms. The van der Waals surface area contributed by atoms with Gasteiger partial charge in [0.1, 0.15) is 0 Å². The minimum Gasteiger partial charge on any atom is -0.398 e. The van der Waals surface area contributed by atoms with Gasteiger partial charge in [0, 0.05) is 29.4 Å². The van der Waals surface area contributed by atoms with Crippen LogP contribution in [0.15, 0.2) is 41.8 Å². The second kappa shape index (κ2) is 5.84. The van der Waals surface area contributed by atoms with E-state index >= 15 is 0 Å². The second-order valence-corrected chi connectivity index (χ2v) is 4.99. The lowest BCUT2D eigenvalue weighted by Crippen LogP contribution is -2.04. The minimum atomic E-state index is -0.610. The average molecular weight is 261 g/mol. The number of aliphatic hydroxyl groups excluding tert-OH is 1. The smallest absolute Gasteiger partial charge is 0.187 e. The zero-order valence-corrected chi connectivity index (χ0v) is 10.9. The van der Waals surface area contributed by atoms with Crippen LogP contribution in [0.4, 0.5) is 5.69 Å². The molecule has 0 aliphatic heterocycles. The molecular weight excluding hydrogens is 246 g/mol. The summed E-state index contributed by atoms with van der Waals surface area (Å²) in [6.45, 7) is 1.94. The molecule has 0 aliphatic rings. The number of aliphatic hydroxyl groups is 1. The number of aromatic nitrogens is 2. The third-order valence-corrected chi connectivity index (χ3v) is 3.43. The number of rotatable bonds is 4. The predicted octanol–water partition coefficient (Wildman–Crippen LogP) is 2.19. The maximum Gasteiger partial charge on any atom is 0.187 e. The first kappa shape index (κ1) is 12.9.